The monoisotopic (exact) mass is 610 g/mol. The number of aryl methyl sites for hydroxylation is 1. The van der Waals surface area contributed by atoms with Crippen LogP contribution < -0.4 is 4.74 Å². The van der Waals surface area contributed by atoms with Gasteiger partial charge in [0, 0.05) is 9.13 Å². The van der Waals surface area contributed by atoms with E-state index in [1.807, 2.05) is 13.0 Å². The summed E-state index contributed by atoms with van der Waals surface area (Å²) in [7, 11) is -3.97. The molecular formula is C17H24I2O6S. The van der Waals surface area contributed by atoms with Crippen LogP contribution in [0.2, 0.25) is 0 Å². The van der Waals surface area contributed by atoms with Gasteiger partial charge in [-0.05, 0) is 89.9 Å². The predicted molar refractivity (Wildman–Crippen MR) is 116 cm³/mol. The lowest BCUT2D eigenvalue weighted by Gasteiger charge is -2.35. The fraction of sp³-hybridized carbons (Fsp3) is 0.647. The quantitative estimate of drug-likeness (QED) is 0.279. The second-order valence-corrected chi connectivity index (χ2v) is 10.2. The normalized spacial score (nSPS) is 23.8. The Bertz CT molecular complexity index is 737. The van der Waals surface area contributed by atoms with Gasteiger partial charge in [-0.2, -0.15) is 8.42 Å². The van der Waals surface area contributed by atoms with Crippen LogP contribution in [0.5, 0.6) is 5.75 Å². The van der Waals surface area contributed by atoms with Crippen molar-refractivity contribution < 1.29 is 27.2 Å². The first kappa shape index (κ1) is 22.6. The molecule has 0 aromatic heterocycles. The molecular weight excluding hydrogens is 586 g/mol. The van der Waals surface area contributed by atoms with Crippen LogP contribution in [0, 0.1) is 14.1 Å². The highest BCUT2D eigenvalue weighted by Gasteiger charge is 2.32. The zero-order chi connectivity index (χ0) is 19.5. The summed E-state index contributed by atoms with van der Waals surface area (Å²) in [6.45, 7) is 6.32. The maximum atomic E-state index is 10.8. The fourth-order valence-corrected chi connectivity index (χ4v) is 5.96. The lowest BCUT2D eigenvalue weighted by atomic mass is 10.1. The summed E-state index contributed by atoms with van der Waals surface area (Å²) in [6.07, 6.45) is 1.87. The minimum Gasteiger partial charge on any atom is -0.492 e. The third kappa shape index (κ3) is 6.16. The van der Waals surface area contributed by atoms with Crippen LogP contribution in [-0.2, 0) is 19.6 Å². The highest BCUT2D eigenvalue weighted by molar-refractivity contribution is 14.1. The lowest BCUT2D eigenvalue weighted by molar-refractivity contribution is -0.244. The Balaban J connectivity index is 2.22. The first-order valence-electron chi connectivity index (χ1n) is 8.49. The molecule has 1 saturated heterocycles. The van der Waals surface area contributed by atoms with E-state index in [1.54, 1.807) is 0 Å². The third-order valence-electron chi connectivity index (χ3n) is 4.15. The number of hydrogen-bond acceptors (Lipinski definition) is 5. The number of rotatable bonds is 7. The molecule has 0 spiro atoms. The molecule has 1 aliphatic heterocycles. The zero-order valence-corrected chi connectivity index (χ0v) is 20.1. The fourth-order valence-electron chi connectivity index (χ4n) is 2.84. The minimum atomic E-state index is -3.97. The number of hydrogen-bond donors (Lipinski definition) is 1. The summed E-state index contributed by atoms with van der Waals surface area (Å²) in [5.41, 5.74) is 1.91. The van der Waals surface area contributed by atoms with Gasteiger partial charge in [0.25, 0.3) is 10.1 Å². The third-order valence-corrected chi connectivity index (χ3v) is 6.91. The van der Waals surface area contributed by atoms with Gasteiger partial charge in [0.1, 0.15) is 5.75 Å². The smallest absolute Gasteiger partial charge is 0.264 e. The van der Waals surface area contributed by atoms with Crippen LogP contribution in [0.15, 0.2) is 6.07 Å². The van der Waals surface area contributed by atoms with Crippen molar-refractivity contribution in [3.05, 3.63) is 24.3 Å². The van der Waals surface area contributed by atoms with E-state index in [1.165, 1.54) is 0 Å². The molecule has 1 aliphatic rings. The zero-order valence-electron chi connectivity index (χ0n) is 15.0. The molecule has 1 N–H and O–H groups in total. The van der Waals surface area contributed by atoms with E-state index in [4.69, 9.17) is 18.8 Å². The highest BCUT2D eigenvalue weighted by Crippen LogP contribution is 2.40. The molecule has 148 valence electrons. The second kappa shape index (κ2) is 9.68. The Morgan fingerprint density at radius 3 is 2.65 bits per heavy atom. The maximum Gasteiger partial charge on any atom is 0.264 e. The summed E-state index contributed by atoms with van der Waals surface area (Å²) >= 11 is 4.51. The average Bonchev–Trinajstić information content (AvgIpc) is 2.52. The van der Waals surface area contributed by atoms with E-state index in [9.17, 15) is 8.42 Å². The summed E-state index contributed by atoms with van der Waals surface area (Å²) in [5, 5.41) is 0. The Kier molecular flexibility index (Phi) is 8.41. The van der Waals surface area contributed by atoms with Crippen molar-refractivity contribution in [1.82, 2.24) is 0 Å². The largest absolute Gasteiger partial charge is 0.492 e. The van der Waals surface area contributed by atoms with Gasteiger partial charge < -0.3 is 14.2 Å². The number of benzene rings is 1. The van der Waals surface area contributed by atoms with Gasteiger partial charge in [-0.25, -0.2) is 0 Å². The van der Waals surface area contributed by atoms with Crippen LogP contribution in [0.1, 0.15) is 50.5 Å². The van der Waals surface area contributed by atoms with Gasteiger partial charge in [0.15, 0.2) is 6.29 Å². The van der Waals surface area contributed by atoms with Crippen LogP contribution in [0.3, 0.4) is 0 Å². The van der Waals surface area contributed by atoms with Crippen LogP contribution in [0.4, 0.5) is 0 Å². The Labute approximate surface area is 182 Å². The Hall–Kier alpha value is 0.310. The van der Waals surface area contributed by atoms with Crippen molar-refractivity contribution >= 4 is 55.3 Å². The van der Waals surface area contributed by atoms with Gasteiger partial charge in [-0.15, -0.1) is 0 Å². The first-order chi connectivity index (χ1) is 12.1. The molecule has 3 unspecified atom stereocenters. The topological polar surface area (TPSA) is 82.1 Å². The molecule has 9 heteroatoms. The van der Waals surface area contributed by atoms with E-state index in [-0.39, 0.29) is 31.0 Å². The van der Waals surface area contributed by atoms with Gasteiger partial charge in [-0.1, -0.05) is 6.92 Å². The Morgan fingerprint density at radius 1 is 1.35 bits per heavy atom. The molecule has 0 amide bonds. The average molecular weight is 610 g/mol. The van der Waals surface area contributed by atoms with Crippen molar-refractivity contribution in [2.45, 2.75) is 58.5 Å². The van der Waals surface area contributed by atoms with E-state index in [0.29, 0.717) is 5.75 Å². The molecule has 1 aromatic rings. The molecule has 26 heavy (non-hydrogen) atoms. The molecule has 6 nitrogen and oxygen atoms in total. The molecule has 0 radical (unpaired) electrons. The summed E-state index contributed by atoms with van der Waals surface area (Å²) < 4.78 is 50.4. The predicted octanol–water partition coefficient (Wildman–Crippen LogP) is 4.46. The van der Waals surface area contributed by atoms with Crippen LogP contribution in [0.25, 0.3) is 0 Å². The molecule has 3 atom stereocenters. The van der Waals surface area contributed by atoms with Crippen molar-refractivity contribution in [3.8, 4) is 5.75 Å². The van der Waals surface area contributed by atoms with Crippen LogP contribution in [-0.4, -0.2) is 37.5 Å². The van der Waals surface area contributed by atoms with Crippen molar-refractivity contribution in [2.24, 2.45) is 0 Å². The number of ether oxygens (including phenoxy) is 3. The molecule has 0 aliphatic carbocycles. The van der Waals surface area contributed by atoms with Gasteiger partial charge in [0.05, 0.1) is 28.1 Å². The minimum absolute atomic E-state index is 0.116. The lowest BCUT2D eigenvalue weighted by Crippen LogP contribution is -2.32. The molecule has 1 fully saturated rings. The van der Waals surface area contributed by atoms with E-state index in [0.717, 1.165) is 31.1 Å². The molecule has 1 heterocycles. The van der Waals surface area contributed by atoms with Crippen LogP contribution >= 0.6 is 45.2 Å². The second-order valence-electron chi connectivity index (χ2n) is 6.40. The van der Waals surface area contributed by atoms with Crippen molar-refractivity contribution in [2.75, 3.05) is 12.4 Å². The standard InChI is InChI=1S/C17H24I2O6S/c1-4-12-9-11(3)24-17(25-12)14-13(18)8-10(2)16(15(14)19)23-6-5-7-26(20,21)22/h8,11-12,17H,4-7,9H2,1-3H3,(H,20,21,22). The number of halogens is 2. The maximum absolute atomic E-state index is 10.8. The van der Waals surface area contributed by atoms with Gasteiger partial charge >= 0.3 is 0 Å². The van der Waals surface area contributed by atoms with Gasteiger partial charge in [-0.3, -0.25) is 4.55 Å². The summed E-state index contributed by atoms with van der Waals surface area (Å²) in [6, 6.07) is 2.02. The SMILES string of the molecule is CCC1CC(C)OC(c2c(I)cc(C)c(OCCCS(=O)(=O)O)c2I)O1. The summed E-state index contributed by atoms with van der Waals surface area (Å²) in [4.78, 5) is 0. The van der Waals surface area contributed by atoms with E-state index >= 15 is 0 Å². The van der Waals surface area contributed by atoms with Gasteiger partial charge in [0.2, 0.25) is 0 Å². The van der Waals surface area contributed by atoms with Crippen molar-refractivity contribution in [3.63, 3.8) is 0 Å². The first-order valence-corrected chi connectivity index (χ1v) is 12.3. The molecule has 2 rings (SSSR count). The molecule has 1 aromatic carbocycles. The Morgan fingerprint density at radius 2 is 2.04 bits per heavy atom. The molecule has 0 bridgehead atoms. The molecule has 0 saturated carbocycles. The van der Waals surface area contributed by atoms with E-state index in [2.05, 4.69) is 59.0 Å². The highest BCUT2D eigenvalue weighted by atomic mass is 127. The van der Waals surface area contributed by atoms with Crippen molar-refractivity contribution in [1.29, 1.82) is 0 Å². The summed E-state index contributed by atoms with van der Waals surface area (Å²) in [5.74, 6) is 0.388. The van der Waals surface area contributed by atoms with E-state index < -0.39 is 16.4 Å².